The van der Waals surface area contributed by atoms with Crippen molar-refractivity contribution in [1.82, 2.24) is 9.97 Å². The van der Waals surface area contributed by atoms with E-state index >= 15 is 0 Å². The molecule has 36 heavy (non-hydrogen) atoms. The molecule has 0 N–H and O–H groups in total. The van der Waals surface area contributed by atoms with Crippen LogP contribution in [0.4, 0.5) is 0 Å². The lowest BCUT2D eigenvalue weighted by Gasteiger charge is -2.29. The van der Waals surface area contributed by atoms with Crippen molar-refractivity contribution in [3.63, 3.8) is 0 Å². The lowest BCUT2D eigenvalue weighted by Crippen LogP contribution is -2.14. The Morgan fingerprint density at radius 2 is 1.03 bits per heavy atom. The van der Waals surface area contributed by atoms with Crippen LogP contribution in [0.3, 0.4) is 0 Å². The number of benzene rings is 1. The molecule has 2 nitrogen and oxygen atoms in total. The first kappa shape index (κ1) is 27.3. The van der Waals surface area contributed by atoms with Gasteiger partial charge in [0, 0.05) is 18.0 Å². The molecule has 0 bridgehead atoms. The zero-order valence-electron chi connectivity index (χ0n) is 23.4. The Morgan fingerprint density at radius 1 is 0.556 bits per heavy atom. The fourth-order valence-corrected chi connectivity index (χ4v) is 6.89. The van der Waals surface area contributed by atoms with E-state index in [2.05, 4.69) is 50.5 Å². The highest BCUT2D eigenvalue weighted by molar-refractivity contribution is 5.55. The molecule has 2 saturated carbocycles. The quantitative estimate of drug-likeness (QED) is 0.262. The smallest absolute Gasteiger partial charge is 0.159 e. The van der Waals surface area contributed by atoms with E-state index in [4.69, 9.17) is 9.97 Å². The third-order valence-corrected chi connectivity index (χ3v) is 9.41. The highest BCUT2D eigenvalue weighted by Crippen LogP contribution is 2.39. The van der Waals surface area contributed by atoms with Gasteiger partial charge in [-0.25, -0.2) is 9.97 Å². The summed E-state index contributed by atoms with van der Waals surface area (Å²) >= 11 is 0. The first-order valence-corrected chi connectivity index (χ1v) is 15.7. The molecule has 198 valence electrons. The zero-order valence-corrected chi connectivity index (χ0v) is 23.4. The minimum Gasteiger partial charge on any atom is -0.236 e. The van der Waals surface area contributed by atoms with Gasteiger partial charge in [0.1, 0.15) is 0 Å². The molecule has 1 aromatic carbocycles. The second-order valence-electron chi connectivity index (χ2n) is 12.1. The summed E-state index contributed by atoms with van der Waals surface area (Å²) in [5.41, 5.74) is 4.03. The number of aromatic nitrogens is 2. The molecule has 4 rings (SSSR count). The van der Waals surface area contributed by atoms with Gasteiger partial charge in [0.2, 0.25) is 0 Å². The molecule has 2 aromatic rings. The second-order valence-corrected chi connectivity index (χ2v) is 12.1. The lowest BCUT2D eigenvalue weighted by atomic mass is 9.77. The molecule has 0 atom stereocenters. The van der Waals surface area contributed by atoms with Crippen LogP contribution in [-0.4, -0.2) is 9.97 Å². The van der Waals surface area contributed by atoms with Gasteiger partial charge in [0.25, 0.3) is 0 Å². The molecule has 2 heteroatoms. The largest absolute Gasteiger partial charge is 0.236 e. The standard InChI is InChI=1S/C34H52N2/c1-3-5-7-8-10-12-28-15-19-31(20-16-28)33-25-35-34(36-26-33)32-23-21-30(22-24-32)29-17-13-27(14-18-29)11-9-6-4-2/h21-29,31H,3-20H2,1-2H3/t27-,28-,29-,31-. The molecular formula is C34H52N2. The van der Waals surface area contributed by atoms with Gasteiger partial charge in [0.05, 0.1) is 0 Å². The molecule has 1 heterocycles. The fraction of sp³-hybridized carbons (Fsp3) is 0.706. The first-order chi connectivity index (χ1) is 17.8. The average molecular weight is 489 g/mol. The molecule has 0 radical (unpaired) electrons. The van der Waals surface area contributed by atoms with E-state index in [0.717, 1.165) is 29.1 Å². The molecule has 0 saturated heterocycles. The highest BCUT2D eigenvalue weighted by atomic mass is 14.9. The summed E-state index contributed by atoms with van der Waals surface area (Å²) in [4.78, 5) is 9.60. The summed E-state index contributed by atoms with van der Waals surface area (Å²) in [6.45, 7) is 4.61. The number of nitrogens with zero attached hydrogens (tertiary/aromatic N) is 2. The average Bonchev–Trinajstić information content (AvgIpc) is 2.94. The topological polar surface area (TPSA) is 25.8 Å². The van der Waals surface area contributed by atoms with Crippen LogP contribution in [0.25, 0.3) is 11.4 Å². The fourth-order valence-electron chi connectivity index (χ4n) is 6.89. The third-order valence-electron chi connectivity index (χ3n) is 9.41. The summed E-state index contributed by atoms with van der Waals surface area (Å²) in [6.07, 6.45) is 29.3. The van der Waals surface area contributed by atoms with E-state index in [1.807, 2.05) is 0 Å². The van der Waals surface area contributed by atoms with Crippen molar-refractivity contribution in [2.24, 2.45) is 11.8 Å². The summed E-state index contributed by atoms with van der Waals surface area (Å²) in [6, 6.07) is 9.20. The van der Waals surface area contributed by atoms with Crippen molar-refractivity contribution in [1.29, 1.82) is 0 Å². The molecule has 1 aromatic heterocycles. The zero-order chi connectivity index (χ0) is 25.0. The summed E-state index contributed by atoms with van der Waals surface area (Å²) in [7, 11) is 0. The Bertz CT molecular complexity index is 840. The van der Waals surface area contributed by atoms with E-state index in [-0.39, 0.29) is 0 Å². The van der Waals surface area contributed by atoms with E-state index in [1.54, 1.807) is 0 Å². The molecule has 2 aliphatic rings. The van der Waals surface area contributed by atoms with Crippen LogP contribution in [0.1, 0.15) is 152 Å². The Morgan fingerprint density at radius 3 is 1.58 bits per heavy atom. The van der Waals surface area contributed by atoms with E-state index in [0.29, 0.717) is 5.92 Å². The van der Waals surface area contributed by atoms with E-state index < -0.39 is 0 Å². The van der Waals surface area contributed by atoms with Gasteiger partial charge < -0.3 is 0 Å². The second kappa shape index (κ2) is 14.9. The van der Waals surface area contributed by atoms with Crippen molar-refractivity contribution in [3.8, 4) is 11.4 Å². The Hall–Kier alpha value is -1.70. The Labute approximate surface area is 222 Å². The van der Waals surface area contributed by atoms with Crippen molar-refractivity contribution < 1.29 is 0 Å². The van der Waals surface area contributed by atoms with Crippen LogP contribution < -0.4 is 0 Å². The number of hydrogen-bond donors (Lipinski definition) is 0. The van der Waals surface area contributed by atoms with Crippen LogP contribution in [0.5, 0.6) is 0 Å². The molecule has 0 unspecified atom stereocenters. The van der Waals surface area contributed by atoms with Crippen LogP contribution in [0, 0.1) is 11.8 Å². The Kier molecular flexibility index (Phi) is 11.3. The minimum absolute atomic E-state index is 0.662. The lowest BCUT2D eigenvalue weighted by molar-refractivity contribution is 0.301. The molecular weight excluding hydrogens is 436 g/mol. The van der Waals surface area contributed by atoms with Crippen LogP contribution >= 0.6 is 0 Å². The van der Waals surface area contributed by atoms with Crippen LogP contribution in [0.2, 0.25) is 0 Å². The Balaban J connectivity index is 1.21. The summed E-state index contributed by atoms with van der Waals surface area (Å²) < 4.78 is 0. The monoisotopic (exact) mass is 488 g/mol. The van der Waals surface area contributed by atoms with Gasteiger partial charge in [0.15, 0.2) is 5.82 Å². The van der Waals surface area contributed by atoms with Gasteiger partial charge in [-0.1, -0.05) is 102 Å². The van der Waals surface area contributed by atoms with Crippen molar-refractivity contribution in [2.45, 2.75) is 141 Å². The number of hydrogen-bond acceptors (Lipinski definition) is 2. The van der Waals surface area contributed by atoms with E-state index in [9.17, 15) is 0 Å². The predicted molar refractivity (Wildman–Crippen MR) is 154 cm³/mol. The third kappa shape index (κ3) is 8.15. The van der Waals surface area contributed by atoms with Crippen LogP contribution in [0.15, 0.2) is 36.7 Å². The van der Waals surface area contributed by atoms with Gasteiger partial charge in [-0.2, -0.15) is 0 Å². The van der Waals surface area contributed by atoms with Gasteiger partial charge in [-0.3, -0.25) is 0 Å². The first-order valence-electron chi connectivity index (χ1n) is 15.7. The molecule has 2 aliphatic carbocycles. The number of rotatable bonds is 13. The molecule has 2 fully saturated rings. The maximum Gasteiger partial charge on any atom is 0.159 e. The van der Waals surface area contributed by atoms with Gasteiger partial charge >= 0.3 is 0 Å². The SMILES string of the molecule is CCCCCCC[C@H]1CC[C@H](c2cnc(-c3ccc([C@H]4CC[C@H](CCCCC)CC4)cc3)nc2)CC1. The van der Waals surface area contributed by atoms with Gasteiger partial charge in [-0.15, -0.1) is 0 Å². The van der Waals surface area contributed by atoms with E-state index in [1.165, 1.54) is 127 Å². The highest BCUT2D eigenvalue weighted by Gasteiger charge is 2.24. The normalized spacial score (nSPS) is 24.6. The number of unbranched alkanes of at least 4 members (excludes halogenated alkanes) is 6. The predicted octanol–water partition coefficient (Wildman–Crippen LogP) is 10.6. The summed E-state index contributed by atoms with van der Waals surface area (Å²) in [5.74, 6) is 4.22. The van der Waals surface area contributed by atoms with Crippen molar-refractivity contribution in [3.05, 3.63) is 47.8 Å². The van der Waals surface area contributed by atoms with Crippen LogP contribution in [-0.2, 0) is 0 Å². The summed E-state index contributed by atoms with van der Waals surface area (Å²) in [5, 5.41) is 0. The molecule has 0 aliphatic heterocycles. The maximum atomic E-state index is 4.80. The van der Waals surface area contributed by atoms with Gasteiger partial charge in [-0.05, 0) is 86.2 Å². The molecule has 0 amide bonds. The molecule has 0 spiro atoms. The van der Waals surface area contributed by atoms with Crippen molar-refractivity contribution >= 4 is 0 Å². The maximum absolute atomic E-state index is 4.80. The minimum atomic E-state index is 0.662. The van der Waals surface area contributed by atoms with Crippen molar-refractivity contribution in [2.75, 3.05) is 0 Å².